The van der Waals surface area contributed by atoms with E-state index in [2.05, 4.69) is 5.32 Å². The highest BCUT2D eigenvalue weighted by Gasteiger charge is 2.23. The fraction of sp³-hybridized carbons (Fsp3) is 0.643. The summed E-state index contributed by atoms with van der Waals surface area (Å²) in [5.41, 5.74) is -0.919. The summed E-state index contributed by atoms with van der Waals surface area (Å²) in [7, 11) is 1.37. The lowest BCUT2D eigenvalue weighted by Crippen LogP contribution is -2.42. The van der Waals surface area contributed by atoms with Crippen LogP contribution in [0.4, 0.5) is 0 Å². The van der Waals surface area contributed by atoms with Gasteiger partial charge in [0.15, 0.2) is 0 Å². The van der Waals surface area contributed by atoms with Crippen LogP contribution < -0.4 is 16.6 Å². The molecule has 1 aromatic rings. The Labute approximate surface area is 122 Å². The van der Waals surface area contributed by atoms with Gasteiger partial charge in [-0.15, -0.1) is 0 Å². The zero-order valence-electron chi connectivity index (χ0n) is 12.1. The smallest absolute Gasteiger partial charge is 0.331 e. The molecule has 1 aromatic heterocycles. The fourth-order valence-electron chi connectivity index (χ4n) is 2.62. The molecule has 1 amide bonds. The monoisotopic (exact) mass is 295 g/mol. The van der Waals surface area contributed by atoms with Gasteiger partial charge >= 0.3 is 5.69 Å². The molecule has 116 valence electrons. The number of carbonyl (C=O) groups excluding carboxylic acids is 1. The molecule has 2 rings (SSSR count). The quantitative estimate of drug-likeness (QED) is 0.761. The van der Waals surface area contributed by atoms with Gasteiger partial charge in [-0.05, 0) is 12.8 Å². The lowest BCUT2D eigenvalue weighted by molar-refractivity contribution is -0.122. The van der Waals surface area contributed by atoms with Gasteiger partial charge in [0.25, 0.3) is 5.56 Å². The summed E-state index contributed by atoms with van der Waals surface area (Å²) in [5.74, 6) is -0.215. The Hall–Kier alpha value is -1.89. The van der Waals surface area contributed by atoms with Gasteiger partial charge in [0.05, 0.1) is 6.10 Å². The lowest BCUT2D eigenvalue weighted by atomic mass is 9.86. The number of hydrogen-bond acceptors (Lipinski definition) is 4. The van der Waals surface area contributed by atoms with E-state index in [9.17, 15) is 19.5 Å². The molecule has 21 heavy (non-hydrogen) atoms. The maximum absolute atomic E-state index is 11.9. The number of rotatable bonds is 4. The molecule has 0 aliphatic heterocycles. The minimum Gasteiger partial charge on any atom is -0.393 e. The van der Waals surface area contributed by atoms with Gasteiger partial charge in [-0.1, -0.05) is 12.8 Å². The van der Waals surface area contributed by atoms with E-state index >= 15 is 0 Å². The first-order valence-electron chi connectivity index (χ1n) is 7.20. The summed E-state index contributed by atoms with van der Waals surface area (Å²) in [6.07, 6.45) is 4.73. The average Bonchev–Trinajstić information content (AvgIpc) is 2.47. The molecule has 1 heterocycles. The minimum absolute atomic E-state index is 0.0829. The van der Waals surface area contributed by atoms with E-state index in [0.29, 0.717) is 6.54 Å². The molecule has 1 fully saturated rings. The predicted octanol–water partition coefficient (Wildman–Crippen LogP) is -0.786. The zero-order chi connectivity index (χ0) is 15.4. The van der Waals surface area contributed by atoms with Crippen molar-refractivity contribution in [2.45, 2.75) is 38.3 Å². The van der Waals surface area contributed by atoms with Crippen LogP contribution in [-0.2, 0) is 18.4 Å². The Balaban J connectivity index is 1.92. The van der Waals surface area contributed by atoms with E-state index < -0.39 is 11.2 Å². The normalized spacial score (nSPS) is 22.0. The van der Waals surface area contributed by atoms with Crippen LogP contribution in [0.15, 0.2) is 21.9 Å². The first kappa shape index (κ1) is 15.5. The first-order chi connectivity index (χ1) is 9.99. The van der Waals surface area contributed by atoms with E-state index in [1.54, 1.807) is 0 Å². The number of aromatic nitrogens is 2. The number of amides is 1. The summed E-state index contributed by atoms with van der Waals surface area (Å²) in [4.78, 5) is 34.9. The molecular formula is C14H21N3O4. The number of carbonyl (C=O) groups is 1. The van der Waals surface area contributed by atoms with Crippen molar-refractivity contribution in [3.8, 4) is 0 Å². The highest BCUT2D eigenvalue weighted by Crippen LogP contribution is 2.23. The largest absolute Gasteiger partial charge is 0.393 e. The highest BCUT2D eigenvalue weighted by atomic mass is 16.3. The number of aliphatic hydroxyl groups is 1. The van der Waals surface area contributed by atoms with Crippen LogP contribution in [0.25, 0.3) is 0 Å². The van der Waals surface area contributed by atoms with Crippen LogP contribution in [0.2, 0.25) is 0 Å². The summed E-state index contributed by atoms with van der Waals surface area (Å²) in [6.45, 7) is 0.288. The Bertz CT molecular complexity index is 619. The Kier molecular flexibility index (Phi) is 4.95. The average molecular weight is 295 g/mol. The van der Waals surface area contributed by atoms with Crippen molar-refractivity contribution < 1.29 is 9.90 Å². The molecule has 0 aromatic carbocycles. The van der Waals surface area contributed by atoms with Crippen molar-refractivity contribution in [3.05, 3.63) is 33.1 Å². The third kappa shape index (κ3) is 3.81. The molecule has 1 aliphatic rings. The summed E-state index contributed by atoms with van der Waals surface area (Å²) < 4.78 is 2.15. The maximum Gasteiger partial charge on any atom is 0.331 e. The number of hydrogen-bond donors (Lipinski definition) is 2. The van der Waals surface area contributed by atoms with Crippen LogP contribution in [0.5, 0.6) is 0 Å². The van der Waals surface area contributed by atoms with Crippen molar-refractivity contribution in [2.24, 2.45) is 13.0 Å². The van der Waals surface area contributed by atoms with Gasteiger partial charge in [-0.3, -0.25) is 18.7 Å². The molecule has 1 aliphatic carbocycles. The van der Waals surface area contributed by atoms with E-state index in [1.807, 2.05) is 0 Å². The molecule has 2 atom stereocenters. The van der Waals surface area contributed by atoms with Crippen molar-refractivity contribution in [2.75, 3.05) is 6.54 Å². The third-order valence-electron chi connectivity index (χ3n) is 4.00. The van der Waals surface area contributed by atoms with Gasteiger partial charge in [-0.25, -0.2) is 4.79 Å². The van der Waals surface area contributed by atoms with Crippen molar-refractivity contribution in [1.82, 2.24) is 14.5 Å². The SMILES string of the molecule is Cn1c(=O)ccn(CC(=O)NCC2CCCCC2O)c1=O. The second-order valence-electron chi connectivity index (χ2n) is 5.54. The second-order valence-corrected chi connectivity index (χ2v) is 5.54. The van der Waals surface area contributed by atoms with E-state index in [0.717, 1.165) is 30.3 Å². The van der Waals surface area contributed by atoms with Gasteiger partial charge in [0.1, 0.15) is 6.54 Å². The van der Waals surface area contributed by atoms with Gasteiger partial charge in [0.2, 0.25) is 5.91 Å². The summed E-state index contributed by atoms with van der Waals surface area (Å²) in [6, 6.07) is 1.25. The standard InChI is InChI=1S/C14H21N3O4/c1-16-13(20)6-7-17(14(16)21)9-12(19)15-8-10-4-2-3-5-11(10)18/h6-7,10-11,18H,2-5,8-9H2,1H3,(H,15,19). The topological polar surface area (TPSA) is 93.3 Å². The first-order valence-corrected chi connectivity index (χ1v) is 7.20. The highest BCUT2D eigenvalue weighted by molar-refractivity contribution is 5.75. The maximum atomic E-state index is 11.9. The molecule has 7 heteroatoms. The number of nitrogens with one attached hydrogen (secondary N) is 1. The van der Waals surface area contributed by atoms with E-state index in [-0.39, 0.29) is 24.5 Å². The zero-order valence-corrected chi connectivity index (χ0v) is 12.1. The van der Waals surface area contributed by atoms with E-state index in [4.69, 9.17) is 0 Å². The Morgan fingerprint density at radius 3 is 2.81 bits per heavy atom. The van der Waals surface area contributed by atoms with E-state index in [1.165, 1.54) is 23.9 Å². The van der Waals surface area contributed by atoms with Gasteiger partial charge in [-0.2, -0.15) is 0 Å². The second kappa shape index (κ2) is 6.71. The van der Waals surface area contributed by atoms with Crippen LogP contribution in [0, 0.1) is 5.92 Å². The van der Waals surface area contributed by atoms with Crippen LogP contribution in [0.3, 0.4) is 0 Å². The molecule has 0 saturated heterocycles. The van der Waals surface area contributed by atoms with Crippen molar-refractivity contribution in [3.63, 3.8) is 0 Å². The number of aliphatic hydroxyl groups excluding tert-OH is 1. The van der Waals surface area contributed by atoms with Crippen LogP contribution in [0.1, 0.15) is 25.7 Å². The number of nitrogens with zero attached hydrogens (tertiary/aromatic N) is 2. The van der Waals surface area contributed by atoms with Crippen molar-refractivity contribution in [1.29, 1.82) is 0 Å². The summed E-state index contributed by atoms with van der Waals surface area (Å²) in [5, 5.41) is 12.6. The van der Waals surface area contributed by atoms with Gasteiger partial charge in [0, 0.05) is 31.8 Å². The Morgan fingerprint density at radius 2 is 2.10 bits per heavy atom. The molecule has 1 saturated carbocycles. The molecule has 0 radical (unpaired) electrons. The third-order valence-corrected chi connectivity index (χ3v) is 4.00. The molecule has 2 unspecified atom stereocenters. The Morgan fingerprint density at radius 1 is 1.38 bits per heavy atom. The molecular weight excluding hydrogens is 274 g/mol. The predicted molar refractivity (Wildman–Crippen MR) is 76.9 cm³/mol. The fourth-order valence-corrected chi connectivity index (χ4v) is 2.62. The summed E-state index contributed by atoms with van der Waals surface area (Å²) >= 11 is 0. The van der Waals surface area contributed by atoms with Crippen molar-refractivity contribution >= 4 is 5.91 Å². The van der Waals surface area contributed by atoms with Crippen LogP contribution >= 0.6 is 0 Å². The molecule has 2 N–H and O–H groups in total. The molecule has 0 bridgehead atoms. The minimum atomic E-state index is -0.518. The van der Waals surface area contributed by atoms with Crippen LogP contribution in [-0.4, -0.2) is 32.8 Å². The molecule has 0 spiro atoms. The molecule has 7 nitrogen and oxygen atoms in total. The van der Waals surface area contributed by atoms with Gasteiger partial charge < -0.3 is 10.4 Å². The lowest BCUT2D eigenvalue weighted by Gasteiger charge is -2.27.